The molecule has 0 aliphatic carbocycles. The number of rotatable bonds is 11. The number of nitrogens with one attached hydrogen (secondary N) is 1. The van der Waals surface area contributed by atoms with Crippen LogP contribution in [0.25, 0.3) is 0 Å². The van der Waals surface area contributed by atoms with Crippen LogP contribution in [0.2, 0.25) is 0 Å². The van der Waals surface area contributed by atoms with Crippen LogP contribution in [0.4, 0.5) is 0 Å². The van der Waals surface area contributed by atoms with Gasteiger partial charge in [0.2, 0.25) is 0 Å². The largest absolute Gasteiger partial charge is 0.493 e. The molecule has 0 saturated carbocycles. The maximum absolute atomic E-state index is 9.63. The molecule has 0 unspecified atom stereocenters. The predicted octanol–water partition coefficient (Wildman–Crippen LogP) is 3.45. The van der Waals surface area contributed by atoms with Crippen LogP contribution in [0, 0.1) is 22.7 Å². The smallest absolute Gasteiger partial charge is 0.169 e. The Bertz CT molecular complexity index is 1140. The van der Waals surface area contributed by atoms with Crippen LogP contribution >= 0.6 is 0 Å². The Balaban J connectivity index is 1.32. The van der Waals surface area contributed by atoms with Gasteiger partial charge in [-0.15, -0.1) is 0 Å². The summed E-state index contributed by atoms with van der Waals surface area (Å²) in [5.41, 5.74) is 1.15. The van der Waals surface area contributed by atoms with Crippen LogP contribution in [0.3, 0.4) is 0 Å². The molecule has 2 aromatic rings. The molecule has 2 aliphatic rings. The SMILES string of the molecule is COc1ccc(CN2CCN(CCNCc3ccc(CN4CCCCC4)o3)C2=C(C#N)C#N)cc1OC. The summed E-state index contributed by atoms with van der Waals surface area (Å²) in [6.45, 7) is 7.26. The lowest BCUT2D eigenvalue weighted by Gasteiger charge is -2.25. The van der Waals surface area contributed by atoms with E-state index in [4.69, 9.17) is 13.9 Å². The summed E-state index contributed by atoms with van der Waals surface area (Å²) in [6.07, 6.45) is 3.87. The van der Waals surface area contributed by atoms with Crippen molar-refractivity contribution in [3.63, 3.8) is 0 Å². The molecule has 9 heteroatoms. The van der Waals surface area contributed by atoms with Crippen molar-refractivity contribution in [1.29, 1.82) is 10.5 Å². The molecule has 1 aromatic heterocycles. The summed E-state index contributed by atoms with van der Waals surface area (Å²) in [5, 5.41) is 22.7. The highest BCUT2D eigenvalue weighted by atomic mass is 16.5. The third-order valence-corrected chi connectivity index (χ3v) is 6.91. The molecule has 196 valence electrons. The zero-order chi connectivity index (χ0) is 26.0. The Morgan fingerprint density at radius 2 is 1.62 bits per heavy atom. The summed E-state index contributed by atoms with van der Waals surface area (Å²) in [5.74, 6) is 3.95. The lowest BCUT2D eigenvalue weighted by molar-refractivity contribution is 0.203. The van der Waals surface area contributed by atoms with E-state index in [1.165, 1.54) is 19.3 Å². The molecule has 0 spiro atoms. The average Bonchev–Trinajstić information content (AvgIpc) is 3.54. The molecule has 2 aliphatic heterocycles. The lowest BCUT2D eigenvalue weighted by atomic mass is 10.1. The van der Waals surface area contributed by atoms with E-state index in [2.05, 4.69) is 38.2 Å². The fraction of sp³-hybridized carbons (Fsp3) is 0.500. The predicted molar refractivity (Wildman–Crippen MR) is 139 cm³/mol. The standard InChI is InChI=1S/C28H36N6O3/c1-35-26-9-6-22(16-27(26)36-2)20-34-15-14-33(28(34)23(17-29)18-30)13-10-31-19-24-7-8-25(37-24)21-32-11-4-3-5-12-32/h6-9,16,31H,3-5,10-15,19-21H2,1-2H3. The highest BCUT2D eigenvalue weighted by molar-refractivity contribution is 5.44. The summed E-state index contributed by atoms with van der Waals surface area (Å²) in [4.78, 5) is 6.65. The molecule has 0 amide bonds. The number of methoxy groups -OCH3 is 2. The van der Waals surface area contributed by atoms with Crippen molar-refractivity contribution in [2.24, 2.45) is 0 Å². The van der Waals surface area contributed by atoms with Crippen molar-refractivity contribution >= 4 is 0 Å². The second-order valence-corrected chi connectivity index (χ2v) is 9.40. The van der Waals surface area contributed by atoms with Gasteiger partial charge >= 0.3 is 0 Å². The third kappa shape index (κ3) is 6.76. The van der Waals surface area contributed by atoms with Gasteiger partial charge in [0, 0.05) is 32.7 Å². The number of benzene rings is 1. The molecule has 0 bridgehead atoms. The van der Waals surface area contributed by atoms with E-state index < -0.39 is 0 Å². The van der Waals surface area contributed by atoms with Crippen LogP contribution in [-0.4, -0.2) is 68.2 Å². The Labute approximate surface area is 219 Å². The number of nitrogens with zero attached hydrogens (tertiary/aromatic N) is 5. The van der Waals surface area contributed by atoms with E-state index in [9.17, 15) is 10.5 Å². The molecule has 0 atom stereocenters. The molecular weight excluding hydrogens is 468 g/mol. The average molecular weight is 505 g/mol. The maximum atomic E-state index is 9.63. The second kappa shape index (κ2) is 13.0. The van der Waals surface area contributed by atoms with Gasteiger partial charge in [0.1, 0.15) is 29.5 Å². The minimum absolute atomic E-state index is 0.131. The van der Waals surface area contributed by atoms with Crippen molar-refractivity contribution in [2.45, 2.75) is 38.9 Å². The van der Waals surface area contributed by atoms with E-state index >= 15 is 0 Å². The van der Waals surface area contributed by atoms with Crippen LogP contribution in [0.5, 0.6) is 11.5 Å². The van der Waals surface area contributed by atoms with Gasteiger partial charge in [-0.25, -0.2) is 0 Å². The third-order valence-electron chi connectivity index (χ3n) is 6.91. The van der Waals surface area contributed by atoms with Gasteiger partial charge in [0.15, 0.2) is 17.1 Å². The number of hydrogen-bond acceptors (Lipinski definition) is 9. The fourth-order valence-electron chi connectivity index (χ4n) is 5.03. The first-order valence-electron chi connectivity index (χ1n) is 12.9. The molecule has 9 nitrogen and oxygen atoms in total. The molecule has 0 radical (unpaired) electrons. The van der Waals surface area contributed by atoms with Crippen LogP contribution in [0.15, 0.2) is 46.1 Å². The zero-order valence-corrected chi connectivity index (χ0v) is 21.8. The summed E-state index contributed by atoms with van der Waals surface area (Å²) in [6, 6.07) is 14.1. The summed E-state index contributed by atoms with van der Waals surface area (Å²) < 4.78 is 16.8. The first-order chi connectivity index (χ1) is 18.1. The Hall–Kier alpha value is -3.66. The van der Waals surface area contributed by atoms with Gasteiger partial charge in [-0.3, -0.25) is 4.90 Å². The monoisotopic (exact) mass is 504 g/mol. The minimum Gasteiger partial charge on any atom is -0.493 e. The Morgan fingerprint density at radius 3 is 2.35 bits per heavy atom. The van der Waals surface area contributed by atoms with Gasteiger partial charge in [0.05, 0.1) is 27.3 Å². The maximum Gasteiger partial charge on any atom is 0.169 e. The highest BCUT2D eigenvalue weighted by Gasteiger charge is 2.28. The van der Waals surface area contributed by atoms with Crippen LogP contribution in [-0.2, 0) is 19.6 Å². The van der Waals surface area contributed by atoms with Crippen molar-refractivity contribution in [2.75, 3.05) is 53.5 Å². The zero-order valence-electron chi connectivity index (χ0n) is 21.8. The molecule has 2 fully saturated rings. The van der Waals surface area contributed by atoms with E-state index in [1.54, 1.807) is 14.2 Å². The molecular formula is C28H36N6O3. The number of hydrogen-bond donors (Lipinski definition) is 1. The van der Waals surface area contributed by atoms with Crippen LogP contribution in [0.1, 0.15) is 36.3 Å². The molecule has 4 rings (SSSR count). The van der Waals surface area contributed by atoms with Crippen LogP contribution < -0.4 is 14.8 Å². The number of nitriles is 2. The highest BCUT2D eigenvalue weighted by Crippen LogP contribution is 2.30. The van der Waals surface area contributed by atoms with Gasteiger partial charge in [-0.05, 0) is 55.8 Å². The number of piperidine rings is 1. The van der Waals surface area contributed by atoms with Crippen molar-refractivity contribution < 1.29 is 13.9 Å². The summed E-state index contributed by atoms with van der Waals surface area (Å²) in [7, 11) is 3.22. The van der Waals surface area contributed by atoms with Gasteiger partial charge in [-0.2, -0.15) is 10.5 Å². The molecule has 1 N–H and O–H groups in total. The number of likely N-dealkylation sites (tertiary alicyclic amines) is 1. The molecule has 1 aromatic carbocycles. The fourth-order valence-corrected chi connectivity index (χ4v) is 5.03. The van der Waals surface area contributed by atoms with E-state index in [0.29, 0.717) is 43.5 Å². The number of furan rings is 1. The normalized spacial score (nSPS) is 15.9. The van der Waals surface area contributed by atoms with E-state index in [-0.39, 0.29) is 5.57 Å². The quantitative estimate of drug-likeness (QED) is 0.364. The van der Waals surface area contributed by atoms with E-state index in [0.717, 1.165) is 49.8 Å². The van der Waals surface area contributed by atoms with Gasteiger partial charge in [-0.1, -0.05) is 12.5 Å². The first kappa shape index (κ1) is 26.4. The number of allylic oxidation sites excluding steroid dienone is 1. The van der Waals surface area contributed by atoms with Gasteiger partial charge in [0.25, 0.3) is 0 Å². The van der Waals surface area contributed by atoms with Crippen molar-refractivity contribution in [3.8, 4) is 23.6 Å². The molecule has 3 heterocycles. The molecule has 2 saturated heterocycles. The Morgan fingerprint density at radius 1 is 0.892 bits per heavy atom. The number of ether oxygens (including phenoxy) is 2. The summed E-state index contributed by atoms with van der Waals surface area (Å²) >= 11 is 0. The lowest BCUT2D eigenvalue weighted by Crippen LogP contribution is -2.31. The first-order valence-corrected chi connectivity index (χ1v) is 12.9. The topological polar surface area (TPSA) is 101 Å². The minimum atomic E-state index is 0.131. The molecule has 37 heavy (non-hydrogen) atoms. The Kier molecular flexibility index (Phi) is 9.31. The second-order valence-electron chi connectivity index (χ2n) is 9.40. The van der Waals surface area contributed by atoms with Gasteiger partial charge < -0.3 is 29.0 Å². The van der Waals surface area contributed by atoms with Crippen molar-refractivity contribution in [3.05, 3.63) is 58.8 Å². The van der Waals surface area contributed by atoms with E-state index in [1.807, 2.05) is 24.3 Å². The van der Waals surface area contributed by atoms with Crippen molar-refractivity contribution in [1.82, 2.24) is 20.0 Å².